The van der Waals surface area contributed by atoms with Gasteiger partial charge in [-0.3, -0.25) is 9.00 Å². The Bertz CT molecular complexity index is 492. The smallest absolute Gasteiger partial charge is 0.238 e. The molecule has 4 nitrogen and oxygen atoms in total. The molecule has 1 heterocycles. The van der Waals surface area contributed by atoms with E-state index in [1.54, 1.807) is 30.1 Å². The van der Waals surface area contributed by atoms with Gasteiger partial charge in [0, 0.05) is 23.8 Å². The molecule has 2 rings (SSSR count). The number of nitrogen functional groups attached to an aromatic ring is 1. The van der Waals surface area contributed by atoms with Gasteiger partial charge in [0.25, 0.3) is 0 Å². The van der Waals surface area contributed by atoms with Crippen LogP contribution in [0, 0.1) is 0 Å². The van der Waals surface area contributed by atoms with Crippen LogP contribution in [0.15, 0.2) is 27.6 Å². The van der Waals surface area contributed by atoms with Crippen LogP contribution < -0.4 is 5.73 Å². The van der Waals surface area contributed by atoms with Crippen LogP contribution in [0.25, 0.3) is 0 Å². The molecule has 1 aliphatic rings. The van der Waals surface area contributed by atoms with Crippen molar-refractivity contribution < 1.29 is 9.00 Å². The van der Waals surface area contributed by atoms with Gasteiger partial charge < -0.3 is 10.6 Å². The first-order valence-corrected chi connectivity index (χ1v) is 7.22. The van der Waals surface area contributed by atoms with Crippen LogP contribution in [0.4, 0.5) is 5.69 Å². The lowest BCUT2D eigenvalue weighted by Crippen LogP contribution is -2.28. The zero-order valence-electron chi connectivity index (χ0n) is 9.35. The predicted molar refractivity (Wildman–Crippen MR) is 71.0 cm³/mol. The van der Waals surface area contributed by atoms with Gasteiger partial charge >= 0.3 is 0 Å². The maximum Gasteiger partial charge on any atom is 0.238 e. The molecule has 1 aromatic carbocycles. The Morgan fingerprint density at radius 1 is 1.53 bits per heavy atom. The van der Waals surface area contributed by atoms with E-state index >= 15 is 0 Å². The van der Waals surface area contributed by atoms with Crippen molar-refractivity contribution in [3.8, 4) is 0 Å². The van der Waals surface area contributed by atoms with Gasteiger partial charge in [-0.2, -0.15) is 0 Å². The molecular weight excluding hydrogens is 304 g/mol. The molecule has 0 radical (unpaired) electrons. The summed E-state index contributed by atoms with van der Waals surface area (Å²) in [6, 6.07) is 5.20. The summed E-state index contributed by atoms with van der Waals surface area (Å²) in [4.78, 5) is 13.9. The third-order valence-electron chi connectivity index (χ3n) is 2.83. The summed E-state index contributed by atoms with van der Waals surface area (Å²) in [5.74, 6) is -0.0642. The summed E-state index contributed by atoms with van der Waals surface area (Å²) in [6.07, 6.45) is 0.622. The molecule has 0 bridgehead atoms. The Morgan fingerprint density at radius 3 is 2.76 bits per heavy atom. The molecule has 92 valence electrons. The summed E-state index contributed by atoms with van der Waals surface area (Å²) < 4.78 is 13.1. The Kier molecular flexibility index (Phi) is 3.53. The van der Waals surface area contributed by atoms with E-state index in [1.165, 1.54) is 0 Å². The standard InChI is InChI=1S/C11H13BrN2O2S/c1-14-5-4-10(11(14)15)17(16)9-3-2-7(12)6-8(9)13/h2-3,6,10H,4-5,13H2,1H3. The first kappa shape index (κ1) is 12.6. The van der Waals surface area contributed by atoms with Gasteiger partial charge in [0.1, 0.15) is 5.25 Å². The van der Waals surface area contributed by atoms with Crippen molar-refractivity contribution in [3.05, 3.63) is 22.7 Å². The van der Waals surface area contributed by atoms with Gasteiger partial charge in [-0.05, 0) is 24.6 Å². The SMILES string of the molecule is CN1CCC(S(=O)c2ccc(Br)cc2N)C1=O. The number of hydrogen-bond donors (Lipinski definition) is 1. The van der Waals surface area contributed by atoms with Crippen molar-refractivity contribution in [1.82, 2.24) is 4.90 Å². The molecule has 0 aliphatic carbocycles. The van der Waals surface area contributed by atoms with Crippen LogP contribution in [-0.2, 0) is 15.6 Å². The average molecular weight is 317 g/mol. The zero-order chi connectivity index (χ0) is 12.6. The van der Waals surface area contributed by atoms with Crippen LogP contribution in [0.1, 0.15) is 6.42 Å². The Balaban J connectivity index is 2.29. The van der Waals surface area contributed by atoms with Crippen LogP contribution >= 0.6 is 15.9 Å². The van der Waals surface area contributed by atoms with E-state index < -0.39 is 16.0 Å². The molecular formula is C11H13BrN2O2S. The highest BCUT2D eigenvalue weighted by atomic mass is 79.9. The van der Waals surface area contributed by atoms with Crippen molar-refractivity contribution in [3.63, 3.8) is 0 Å². The molecule has 0 saturated carbocycles. The van der Waals surface area contributed by atoms with E-state index in [4.69, 9.17) is 5.73 Å². The summed E-state index contributed by atoms with van der Waals surface area (Å²) in [7, 11) is 0.360. The Labute approximate surface area is 111 Å². The van der Waals surface area contributed by atoms with Gasteiger partial charge in [0.05, 0.1) is 15.7 Å². The van der Waals surface area contributed by atoms with E-state index in [0.717, 1.165) is 4.47 Å². The number of benzene rings is 1. The van der Waals surface area contributed by atoms with E-state index in [2.05, 4.69) is 15.9 Å². The molecule has 0 aromatic heterocycles. The largest absolute Gasteiger partial charge is 0.398 e. The second kappa shape index (κ2) is 4.78. The lowest BCUT2D eigenvalue weighted by Gasteiger charge is -2.11. The number of nitrogens with zero attached hydrogens (tertiary/aromatic N) is 1. The minimum atomic E-state index is -1.37. The van der Waals surface area contributed by atoms with Crippen LogP contribution in [-0.4, -0.2) is 33.9 Å². The average Bonchev–Trinajstić information content (AvgIpc) is 2.59. The molecule has 2 unspecified atom stereocenters. The van der Waals surface area contributed by atoms with E-state index in [1.807, 2.05) is 0 Å². The fourth-order valence-corrected chi connectivity index (χ4v) is 3.71. The molecule has 0 spiro atoms. The van der Waals surface area contributed by atoms with Crippen molar-refractivity contribution >= 4 is 38.3 Å². The van der Waals surface area contributed by atoms with Crippen LogP contribution in [0.2, 0.25) is 0 Å². The van der Waals surface area contributed by atoms with Crippen molar-refractivity contribution in [1.29, 1.82) is 0 Å². The molecule has 2 atom stereocenters. The predicted octanol–water partition coefficient (Wildman–Crippen LogP) is 1.37. The summed E-state index contributed by atoms with van der Waals surface area (Å²) in [5, 5.41) is -0.455. The molecule has 6 heteroatoms. The number of rotatable bonds is 2. The highest BCUT2D eigenvalue weighted by Gasteiger charge is 2.35. The summed E-state index contributed by atoms with van der Waals surface area (Å²) in [5.41, 5.74) is 6.28. The third-order valence-corrected chi connectivity index (χ3v) is 5.08. The summed E-state index contributed by atoms with van der Waals surface area (Å²) >= 11 is 3.30. The van der Waals surface area contributed by atoms with Gasteiger partial charge in [-0.15, -0.1) is 0 Å². The summed E-state index contributed by atoms with van der Waals surface area (Å²) in [6.45, 7) is 0.658. The monoisotopic (exact) mass is 316 g/mol. The van der Waals surface area contributed by atoms with Crippen LogP contribution in [0.5, 0.6) is 0 Å². The molecule has 17 heavy (non-hydrogen) atoms. The Morgan fingerprint density at radius 2 is 2.24 bits per heavy atom. The zero-order valence-corrected chi connectivity index (χ0v) is 11.8. The lowest BCUT2D eigenvalue weighted by atomic mass is 10.3. The number of nitrogens with two attached hydrogens (primary N) is 1. The van der Waals surface area contributed by atoms with Crippen molar-refractivity contribution in [2.45, 2.75) is 16.6 Å². The van der Waals surface area contributed by atoms with Gasteiger partial charge in [-0.25, -0.2) is 0 Å². The van der Waals surface area contributed by atoms with Crippen molar-refractivity contribution in [2.24, 2.45) is 0 Å². The number of amides is 1. The first-order chi connectivity index (χ1) is 8.00. The van der Waals surface area contributed by atoms with E-state index in [0.29, 0.717) is 23.5 Å². The minimum absolute atomic E-state index is 0.0642. The van der Waals surface area contributed by atoms with Crippen molar-refractivity contribution in [2.75, 3.05) is 19.3 Å². The second-order valence-corrected chi connectivity index (χ2v) is 6.54. The first-order valence-electron chi connectivity index (χ1n) is 5.21. The minimum Gasteiger partial charge on any atom is -0.398 e. The number of halogens is 1. The fourth-order valence-electron chi connectivity index (χ4n) is 1.84. The van der Waals surface area contributed by atoms with Gasteiger partial charge in [0.2, 0.25) is 5.91 Å². The quantitative estimate of drug-likeness (QED) is 0.838. The number of hydrogen-bond acceptors (Lipinski definition) is 3. The topological polar surface area (TPSA) is 63.4 Å². The van der Waals surface area contributed by atoms with Gasteiger partial charge in [-0.1, -0.05) is 15.9 Å². The molecule has 1 amide bonds. The molecule has 1 saturated heterocycles. The number of carbonyl (C=O) groups is 1. The number of carbonyl (C=O) groups excluding carboxylic acids is 1. The molecule has 1 fully saturated rings. The normalized spacial score (nSPS) is 21.9. The maximum atomic E-state index is 12.3. The highest BCUT2D eigenvalue weighted by Crippen LogP contribution is 2.26. The van der Waals surface area contributed by atoms with Crippen LogP contribution in [0.3, 0.4) is 0 Å². The number of likely N-dealkylation sites (tertiary alicyclic amines) is 1. The van der Waals surface area contributed by atoms with Gasteiger partial charge in [0.15, 0.2) is 0 Å². The molecule has 1 aromatic rings. The maximum absolute atomic E-state index is 12.3. The molecule has 1 aliphatic heterocycles. The highest BCUT2D eigenvalue weighted by molar-refractivity contribution is 9.10. The lowest BCUT2D eigenvalue weighted by molar-refractivity contribution is -0.126. The number of anilines is 1. The van der Waals surface area contributed by atoms with E-state index in [-0.39, 0.29) is 5.91 Å². The van der Waals surface area contributed by atoms with E-state index in [9.17, 15) is 9.00 Å². The molecule has 2 N–H and O–H groups in total. The second-order valence-electron chi connectivity index (χ2n) is 4.02. The fraction of sp³-hybridized carbons (Fsp3) is 0.364. The Hall–Kier alpha value is -0.880. The third kappa shape index (κ3) is 2.37.